The molecule has 1 aromatic rings. The van der Waals surface area contributed by atoms with Crippen LogP contribution in [0.25, 0.3) is 0 Å². The van der Waals surface area contributed by atoms with Crippen molar-refractivity contribution in [2.24, 2.45) is 5.92 Å². The van der Waals surface area contributed by atoms with Crippen LogP contribution in [-0.4, -0.2) is 14.7 Å². The highest BCUT2D eigenvalue weighted by molar-refractivity contribution is 7.05. The quantitative estimate of drug-likeness (QED) is 0.811. The van der Waals surface area contributed by atoms with Gasteiger partial charge in [-0.25, -0.2) is 0 Å². The minimum Gasteiger partial charge on any atom is -0.387 e. The molecular weight excluding hydrogens is 208 g/mol. The molecule has 0 spiro atoms. The third kappa shape index (κ3) is 2.98. The summed E-state index contributed by atoms with van der Waals surface area (Å²) in [7, 11) is 0. The number of aliphatic hydroxyl groups is 1. The van der Waals surface area contributed by atoms with Gasteiger partial charge in [0.05, 0.1) is 16.7 Å². The molecule has 4 heteroatoms. The van der Waals surface area contributed by atoms with Crippen molar-refractivity contribution in [3.05, 3.63) is 10.6 Å². The number of hydrogen-bond donors (Lipinski definition) is 1. The van der Waals surface area contributed by atoms with Crippen LogP contribution in [0.5, 0.6) is 0 Å². The minimum atomic E-state index is -0.327. The van der Waals surface area contributed by atoms with E-state index in [0.29, 0.717) is 0 Å². The van der Waals surface area contributed by atoms with Crippen molar-refractivity contribution < 1.29 is 5.11 Å². The molecule has 1 aromatic heterocycles. The van der Waals surface area contributed by atoms with Gasteiger partial charge in [0.15, 0.2) is 0 Å². The van der Waals surface area contributed by atoms with Gasteiger partial charge in [0, 0.05) is 0 Å². The monoisotopic (exact) mass is 226 g/mol. The Kier molecular flexibility index (Phi) is 3.70. The third-order valence-corrected chi connectivity index (χ3v) is 3.79. The Morgan fingerprint density at radius 1 is 1.53 bits per heavy atom. The molecule has 3 nitrogen and oxygen atoms in total. The van der Waals surface area contributed by atoms with E-state index in [9.17, 15) is 5.11 Å². The molecule has 0 radical (unpaired) electrons. The van der Waals surface area contributed by atoms with Gasteiger partial charge in [0.1, 0.15) is 0 Å². The van der Waals surface area contributed by atoms with E-state index in [1.165, 1.54) is 24.4 Å². The lowest BCUT2D eigenvalue weighted by Gasteiger charge is -2.08. The fourth-order valence-corrected chi connectivity index (χ4v) is 2.53. The van der Waals surface area contributed by atoms with Gasteiger partial charge in [-0.1, -0.05) is 30.7 Å². The maximum Gasteiger partial charge on any atom is 0.0917 e. The molecule has 1 aliphatic rings. The van der Waals surface area contributed by atoms with Crippen LogP contribution in [-0.2, 0) is 6.42 Å². The fraction of sp³-hybridized carbons (Fsp3) is 0.818. The summed E-state index contributed by atoms with van der Waals surface area (Å²) < 4.78 is 3.94. The molecule has 1 unspecified atom stereocenters. The van der Waals surface area contributed by atoms with Gasteiger partial charge >= 0.3 is 0 Å². The van der Waals surface area contributed by atoms with Gasteiger partial charge < -0.3 is 5.11 Å². The molecule has 1 aliphatic carbocycles. The van der Waals surface area contributed by atoms with E-state index in [1.54, 1.807) is 0 Å². The number of rotatable bonds is 6. The molecule has 84 valence electrons. The van der Waals surface area contributed by atoms with Gasteiger partial charge in [-0.3, -0.25) is 0 Å². The van der Waals surface area contributed by atoms with Gasteiger partial charge in [-0.15, -0.1) is 5.10 Å². The number of nitrogens with zero attached hydrogens (tertiary/aromatic N) is 2. The Labute approximate surface area is 94.7 Å². The highest BCUT2D eigenvalue weighted by Crippen LogP contribution is 2.36. The zero-order chi connectivity index (χ0) is 10.7. The average Bonchev–Trinajstić information content (AvgIpc) is 2.95. The Morgan fingerprint density at radius 3 is 3.00 bits per heavy atom. The van der Waals surface area contributed by atoms with Crippen molar-refractivity contribution in [2.45, 2.75) is 51.6 Å². The summed E-state index contributed by atoms with van der Waals surface area (Å²) in [5, 5.41) is 14.1. The average molecular weight is 226 g/mol. The molecule has 0 aromatic carbocycles. The van der Waals surface area contributed by atoms with E-state index in [0.717, 1.165) is 42.2 Å². The maximum absolute atomic E-state index is 10.0. The van der Waals surface area contributed by atoms with Crippen molar-refractivity contribution in [2.75, 3.05) is 0 Å². The summed E-state index contributed by atoms with van der Waals surface area (Å²) in [5.41, 5.74) is 1.01. The van der Waals surface area contributed by atoms with Crippen LogP contribution in [0.4, 0.5) is 0 Å². The Balaban J connectivity index is 1.90. The normalized spacial score (nSPS) is 18.0. The SMILES string of the molecule is CCCc1nnsc1C(O)CCC1CC1. The van der Waals surface area contributed by atoms with Crippen LogP contribution in [0, 0.1) is 5.92 Å². The van der Waals surface area contributed by atoms with E-state index in [2.05, 4.69) is 16.5 Å². The Hall–Kier alpha value is -0.480. The summed E-state index contributed by atoms with van der Waals surface area (Å²) in [6.07, 6.45) is 6.42. The highest BCUT2D eigenvalue weighted by Gasteiger charge is 2.24. The summed E-state index contributed by atoms with van der Waals surface area (Å²) in [6.45, 7) is 2.12. The highest BCUT2D eigenvalue weighted by atomic mass is 32.1. The maximum atomic E-state index is 10.0. The molecule has 1 saturated carbocycles. The number of aromatic nitrogens is 2. The first-order chi connectivity index (χ1) is 7.31. The number of aryl methyl sites for hydroxylation is 1. The van der Waals surface area contributed by atoms with Crippen molar-refractivity contribution in [3.8, 4) is 0 Å². The van der Waals surface area contributed by atoms with E-state index >= 15 is 0 Å². The van der Waals surface area contributed by atoms with Crippen molar-refractivity contribution >= 4 is 11.5 Å². The van der Waals surface area contributed by atoms with Crippen LogP contribution >= 0.6 is 11.5 Å². The summed E-state index contributed by atoms with van der Waals surface area (Å²) in [4.78, 5) is 0.998. The number of hydrogen-bond acceptors (Lipinski definition) is 4. The van der Waals surface area contributed by atoms with Gasteiger partial charge in [0.25, 0.3) is 0 Å². The number of aliphatic hydroxyl groups excluding tert-OH is 1. The van der Waals surface area contributed by atoms with Crippen molar-refractivity contribution in [1.82, 2.24) is 9.59 Å². The molecule has 0 saturated heterocycles. The minimum absolute atomic E-state index is 0.327. The van der Waals surface area contributed by atoms with Crippen molar-refractivity contribution in [3.63, 3.8) is 0 Å². The van der Waals surface area contributed by atoms with Gasteiger partial charge in [0.2, 0.25) is 0 Å². The molecule has 0 amide bonds. The van der Waals surface area contributed by atoms with E-state index in [1.807, 2.05) is 0 Å². The zero-order valence-corrected chi connectivity index (χ0v) is 9.96. The van der Waals surface area contributed by atoms with E-state index < -0.39 is 0 Å². The molecule has 0 bridgehead atoms. The lowest BCUT2D eigenvalue weighted by Crippen LogP contribution is -2.00. The molecule has 1 heterocycles. The molecule has 1 fully saturated rings. The predicted molar refractivity (Wildman–Crippen MR) is 60.8 cm³/mol. The Morgan fingerprint density at radius 2 is 2.33 bits per heavy atom. The fourth-order valence-electron chi connectivity index (χ4n) is 1.81. The van der Waals surface area contributed by atoms with Crippen LogP contribution in [0.2, 0.25) is 0 Å². The van der Waals surface area contributed by atoms with Gasteiger partial charge in [-0.2, -0.15) is 0 Å². The summed E-state index contributed by atoms with van der Waals surface area (Å²) >= 11 is 1.36. The summed E-state index contributed by atoms with van der Waals surface area (Å²) in [5.74, 6) is 0.884. The first kappa shape index (κ1) is 11.0. The largest absolute Gasteiger partial charge is 0.387 e. The lowest BCUT2D eigenvalue weighted by atomic mass is 10.1. The smallest absolute Gasteiger partial charge is 0.0917 e. The first-order valence-corrected chi connectivity index (χ1v) is 6.57. The second-order valence-electron chi connectivity index (χ2n) is 4.37. The van der Waals surface area contributed by atoms with Crippen LogP contribution in [0.3, 0.4) is 0 Å². The zero-order valence-electron chi connectivity index (χ0n) is 9.15. The first-order valence-electron chi connectivity index (χ1n) is 5.80. The standard InChI is InChI=1S/C11H18N2OS/c1-2-3-9-11(15-13-12-9)10(14)7-6-8-4-5-8/h8,10,14H,2-7H2,1H3. The predicted octanol–water partition coefficient (Wildman–Crippen LogP) is 2.71. The van der Waals surface area contributed by atoms with Gasteiger partial charge in [-0.05, 0) is 36.7 Å². The topological polar surface area (TPSA) is 46.0 Å². The van der Waals surface area contributed by atoms with E-state index in [4.69, 9.17) is 0 Å². The molecule has 0 aliphatic heterocycles. The molecular formula is C11H18N2OS. The third-order valence-electron chi connectivity index (χ3n) is 2.92. The lowest BCUT2D eigenvalue weighted by molar-refractivity contribution is 0.165. The molecule has 1 atom stereocenters. The molecule has 1 N–H and O–H groups in total. The summed E-state index contributed by atoms with van der Waals surface area (Å²) in [6, 6.07) is 0. The molecule has 15 heavy (non-hydrogen) atoms. The second-order valence-corrected chi connectivity index (χ2v) is 5.16. The second kappa shape index (κ2) is 5.03. The van der Waals surface area contributed by atoms with E-state index in [-0.39, 0.29) is 6.10 Å². The van der Waals surface area contributed by atoms with Crippen LogP contribution in [0.15, 0.2) is 0 Å². The van der Waals surface area contributed by atoms with Crippen LogP contribution < -0.4 is 0 Å². The molecule has 2 rings (SSSR count). The van der Waals surface area contributed by atoms with Crippen molar-refractivity contribution in [1.29, 1.82) is 0 Å². The Bertz CT molecular complexity index is 309. The van der Waals surface area contributed by atoms with Crippen LogP contribution in [0.1, 0.15) is 55.7 Å².